The summed E-state index contributed by atoms with van der Waals surface area (Å²) in [4.78, 5) is 0. The zero-order valence-electron chi connectivity index (χ0n) is 8.59. The van der Waals surface area contributed by atoms with Crippen molar-refractivity contribution < 1.29 is 8.42 Å². The van der Waals surface area contributed by atoms with Crippen LogP contribution in [0, 0.1) is 0 Å². The van der Waals surface area contributed by atoms with Crippen LogP contribution in [-0.2, 0) is 10.0 Å². The van der Waals surface area contributed by atoms with Crippen molar-refractivity contribution >= 4 is 21.6 Å². The first-order valence-electron chi connectivity index (χ1n) is 4.30. The monoisotopic (exact) mass is 227 g/mol. The van der Waals surface area contributed by atoms with E-state index in [0.717, 1.165) is 0 Å². The number of alkyl halides is 1. The summed E-state index contributed by atoms with van der Waals surface area (Å²) in [5.41, 5.74) is 0. The van der Waals surface area contributed by atoms with Crippen molar-refractivity contribution in [3.63, 3.8) is 0 Å². The average Bonchev–Trinajstić information content (AvgIpc) is 1.82. The van der Waals surface area contributed by atoms with Crippen molar-refractivity contribution in [3.05, 3.63) is 0 Å². The normalized spacial score (nSPS) is 15.8. The van der Waals surface area contributed by atoms with Crippen LogP contribution < -0.4 is 4.72 Å². The van der Waals surface area contributed by atoms with Crippen LogP contribution in [0.3, 0.4) is 0 Å². The number of rotatable bonds is 4. The van der Waals surface area contributed by atoms with Crippen molar-refractivity contribution in [1.29, 1.82) is 0 Å². The van der Waals surface area contributed by atoms with Gasteiger partial charge < -0.3 is 0 Å². The maximum absolute atomic E-state index is 11.5. The molecule has 0 fully saturated rings. The van der Waals surface area contributed by atoms with E-state index in [2.05, 4.69) is 4.72 Å². The van der Waals surface area contributed by atoms with Crippen molar-refractivity contribution in [1.82, 2.24) is 4.72 Å². The van der Waals surface area contributed by atoms with Gasteiger partial charge >= 0.3 is 0 Å². The Labute approximate surface area is 85.9 Å². The minimum Gasteiger partial charge on any atom is -0.215 e. The van der Waals surface area contributed by atoms with Crippen LogP contribution in [0.1, 0.15) is 34.1 Å². The number of nitrogens with one attached hydrogen (secondary N) is 1. The van der Waals surface area contributed by atoms with E-state index in [1.165, 1.54) is 0 Å². The first-order chi connectivity index (χ1) is 5.67. The highest BCUT2D eigenvalue weighted by molar-refractivity contribution is 7.90. The number of hydrogen-bond donors (Lipinski definition) is 1. The Morgan fingerprint density at radius 3 is 2.15 bits per heavy atom. The molecule has 5 heteroatoms. The van der Waals surface area contributed by atoms with E-state index in [1.54, 1.807) is 20.8 Å². The lowest BCUT2D eigenvalue weighted by Gasteiger charge is -2.19. The smallest absolute Gasteiger partial charge is 0.215 e. The van der Waals surface area contributed by atoms with Gasteiger partial charge in [-0.1, -0.05) is 0 Å². The first kappa shape index (κ1) is 13.2. The minimum atomic E-state index is -3.20. The predicted octanol–water partition coefficient (Wildman–Crippen LogP) is 1.72. The molecule has 0 aliphatic carbocycles. The molecule has 0 aliphatic rings. The van der Waals surface area contributed by atoms with Crippen LogP contribution in [0.15, 0.2) is 0 Å². The molecule has 0 amide bonds. The molecule has 0 bridgehead atoms. The Hall–Kier alpha value is 0.200. The molecule has 0 spiro atoms. The van der Waals surface area contributed by atoms with Crippen molar-refractivity contribution in [2.24, 2.45) is 0 Å². The van der Waals surface area contributed by atoms with Crippen LogP contribution in [0.5, 0.6) is 0 Å². The van der Waals surface area contributed by atoms with E-state index in [-0.39, 0.29) is 5.38 Å². The zero-order valence-corrected chi connectivity index (χ0v) is 10.2. The molecule has 13 heavy (non-hydrogen) atoms. The summed E-state index contributed by atoms with van der Waals surface area (Å²) < 4.78 is 24.7. The van der Waals surface area contributed by atoms with Gasteiger partial charge in [0.2, 0.25) is 10.0 Å². The molecular weight excluding hydrogens is 210 g/mol. The van der Waals surface area contributed by atoms with Crippen LogP contribution in [0.25, 0.3) is 0 Å². The average molecular weight is 228 g/mol. The first-order valence-corrected chi connectivity index (χ1v) is 6.22. The van der Waals surface area contributed by atoms with Gasteiger partial charge in [-0.05, 0) is 34.1 Å². The molecule has 3 nitrogen and oxygen atoms in total. The Balaban J connectivity index is 4.07. The van der Waals surface area contributed by atoms with Gasteiger partial charge in [0.05, 0.1) is 4.75 Å². The Kier molecular flexibility index (Phi) is 4.69. The van der Waals surface area contributed by atoms with Gasteiger partial charge in [0.1, 0.15) is 0 Å². The highest BCUT2D eigenvalue weighted by atomic mass is 35.5. The molecule has 1 N–H and O–H groups in total. The second kappa shape index (κ2) is 4.62. The third-order valence-electron chi connectivity index (χ3n) is 1.64. The van der Waals surface area contributed by atoms with Crippen molar-refractivity contribution in [3.8, 4) is 0 Å². The maximum atomic E-state index is 11.5. The zero-order chi connectivity index (χ0) is 10.7. The Morgan fingerprint density at radius 1 is 1.38 bits per heavy atom. The lowest BCUT2D eigenvalue weighted by Crippen LogP contribution is -2.40. The largest absolute Gasteiger partial charge is 0.216 e. The summed E-state index contributed by atoms with van der Waals surface area (Å²) in [5.74, 6) is 0. The van der Waals surface area contributed by atoms with Gasteiger partial charge in [-0.25, -0.2) is 13.1 Å². The van der Waals surface area contributed by atoms with Crippen LogP contribution >= 0.6 is 11.6 Å². The molecule has 0 aromatic carbocycles. The van der Waals surface area contributed by atoms with Gasteiger partial charge in [-0.3, -0.25) is 0 Å². The van der Waals surface area contributed by atoms with Crippen molar-refractivity contribution in [2.45, 2.75) is 44.2 Å². The number of hydrogen-bond acceptors (Lipinski definition) is 2. The van der Waals surface area contributed by atoms with E-state index in [9.17, 15) is 8.42 Å². The lowest BCUT2D eigenvalue weighted by atomic mass is 10.3. The molecule has 0 aliphatic heterocycles. The summed E-state index contributed by atoms with van der Waals surface area (Å²) in [6.45, 7) is 7.25. The quantitative estimate of drug-likeness (QED) is 0.744. The predicted molar refractivity (Wildman–Crippen MR) is 56.6 cm³/mol. The molecule has 0 aromatic heterocycles. The summed E-state index contributed by atoms with van der Waals surface area (Å²) in [7, 11) is -3.20. The second-order valence-electron chi connectivity index (χ2n) is 4.08. The Morgan fingerprint density at radius 2 is 1.85 bits per heavy atom. The fourth-order valence-electron chi connectivity index (χ4n) is 0.609. The van der Waals surface area contributed by atoms with Crippen LogP contribution in [0.2, 0.25) is 0 Å². The maximum Gasteiger partial charge on any atom is 0.216 e. The fourth-order valence-corrected chi connectivity index (χ4v) is 1.54. The fraction of sp³-hybridized carbons (Fsp3) is 1.00. The van der Waals surface area contributed by atoms with E-state index < -0.39 is 14.8 Å². The molecule has 1 unspecified atom stereocenters. The van der Waals surface area contributed by atoms with E-state index in [0.29, 0.717) is 13.0 Å². The second-order valence-corrected chi connectivity index (χ2v) is 7.34. The summed E-state index contributed by atoms with van der Waals surface area (Å²) in [5, 5.41) is 0.00247. The van der Waals surface area contributed by atoms with Gasteiger partial charge in [0.15, 0.2) is 0 Å². The SMILES string of the molecule is CC(Cl)CCNS(=O)(=O)C(C)(C)C. The third-order valence-corrected chi connectivity index (χ3v) is 4.06. The molecule has 0 saturated carbocycles. The molecule has 0 rings (SSSR count). The van der Waals surface area contributed by atoms with Crippen molar-refractivity contribution in [2.75, 3.05) is 6.54 Å². The number of sulfonamides is 1. The summed E-state index contributed by atoms with van der Waals surface area (Å²) in [6, 6.07) is 0. The van der Waals surface area contributed by atoms with Gasteiger partial charge in [-0.15, -0.1) is 11.6 Å². The van der Waals surface area contributed by atoms with E-state index in [1.807, 2.05) is 6.92 Å². The highest BCUT2D eigenvalue weighted by Crippen LogP contribution is 2.13. The van der Waals surface area contributed by atoms with Gasteiger partial charge in [-0.2, -0.15) is 0 Å². The molecular formula is C8H18ClNO2S. The molecule has 1 atom stereocenters. The molecule has 0 saturated heterocycles. The minimum absolute atomic E-state index is 0.00247. The highest BCUT2D eigenvalue weighted by Gasteiger charge is 2.28. The molecule has 0 heterocycles. The third kappa shape index (κ3) is 4.84. The van der Waals surface area contributed by atoms with Gasteiger partial charge in [0, 0.05) is 11.9 Å². The van der Waals surface area contributed by atoms with Crippen LogP contribution in [0.4, 0.5) is 0 Å². The molecule has 80 valence electrons. The molecule has 0 aromatic rings. The summed E-state index contributed by atoms with van der Waals surface area (Å²) in [6.07, 6.45) is 0.650. The van der Waals surface area contributed by atoms with Crippen LogP contribution in [-0.4, -0.2) is 25.1 Å². The topological polar surface area (TPSA) is 46.2 Å². The summed E-state index contributed by atoms with van der Waals surface area (Å²) >= 11 is 5.69. The Bertz CT molecular complexity index is 241. The lowest BCUT2D eigenvalue weighted by molar-refractivity contribution is 0.543. The standard InChI is InChI=1S/C8H18ClNO2S/c1-7(9)5-6-10-13(11,12)8(2,3)4/h7,10H,5-6H2,1-4H3. The number of halogens is 1. The van der Waals surface area contributed by atoms with Gasteiger partial charge in [0.25, 0.3) is 0 Å². The van der Waals surface area contributed by atoms with E-state index >= 15 is 0 Å². The van der Waals surface area contributed by atoms with E-state index in [4.69, 9.17) is 11.6 Å². The molecule has 0 radical (unpaired) electrons.